The number of amides is 1. The van der Waals surface area contributed by atoms with E-state index >= 15 is 0 Å². The van der Waals surface area contributed by atoms with Crippen LogP contribution in [0, 0.1) is 0 Å². The molecule has 1 aromatic rings. The van der Waals surface area contributed by atoms with Gasteiger partial charge in [-0.3, -0.25) is 4.79 Å². The molecule has 0 atom stereocenters. The van der Waals surface area contributed by atoms with Crippen molar-refractivity contribution in [2.24, 2.45) is 0 Å². The van der Waals surface area contributed by atoms with Crippen LogP contribution in [0.2, 0.25) is 0 Å². The minimum atomic E-state index is -0.360. The van der Waals surface area contributed by atoms with Gasteiger partial charge in [-0.15, -0.1) is 11.3 Å². The highest BCUT2D eigenvalue weighted by atomic mass is 32.1. The molecule has 6 heteroatoms. The molecule has 2 heterocycles. The van der Waals surface area contributed by atoms with Gasteiger partial charge in [-0.05, 0) is 12.8 Å². The largest absolute Gasteiger partial charge is 0.348 e. The first-order chi connectivity index (χ1) is 9.20. The number of carbonyl (C=O) groups excluding carboxylic acids is 1. The zero-order valence-electron chi connectivity index (χ0n) is 11.0. The standard InChI is InChI=1S/C13H18N2O3S/c1-15(12(16)11-8-19-9-14-11)10-2-4-13(5-3-10)17-6-7-18-13/h8-10H,2-7H2,1H3. The smallest absolute Gasteiger partial charge is 0.273 e. The number of aromatic nitrogens is 1. The van der Waals surface area contributed by atoms with E-state index in [0.29, 0.717) is 18.9 Å². The van der Waals surface area contributed by atoms with Crippen LogP contribution in [0.4, 0.5) is 0 Å². The Morgan fingerprint density at radius 1 is 1.42 bits per heavy atom. The van der Waals surface area contributed by atoms with Gasteiger partial charge in [0.1, 0.15) is 5.69 Å². The number of nitrogens with zero attached hydrogens (tertiary/aromatic N) is 2. The quantitative estimate of drug-likeness (QED) is 0.831. The molecular formula is C13H18N2O3S. The second-order valence-corrected chi connectivity index (χ2v) is 5.85. The third kappa shape index (κ3) is 2.52. The number of ether oxygens (including phenoxy) is 2. The van der Waals surface area contributed by atoms with Crippen molar-refractivity contribution in [2.75, 3.05) is 20.3 Å². The summed E-state index contributed by atoms with van der Waals surface area (Å²) in [7, 11) is 1.86. The lowest BCUT2D eigenvalue weighted by Crippen LogP contribution is -2.45. The van der Waals surface area contributed by atoms with Gasteiger partial charge in [-0.25, -0.2) is 4.98 Å². The number of carbonyl (C=O) groups is 1. The highest BCUT2D eigenvalue weighted by Crippen LogP contribution is 2.37. The Hall–Kier alpha value is -0.980. The summed E-state index contributed by atoms with van der Waals surface area (Å²) in [4.78, 5) is 18.1. The van der Waals surface area contributed by atoms with Crippen LogP contribution in [0.3, 0.4) is 0 Å². The summed E-state index contributed by atoms with van der Waals surface area (Å²) in [5, 5.41) is 1.80. The van der Waals surface area contributed by atoms with Crippen molar-refractivity contribution >= 4 is 17.2 Å². The predicted molar refractivity (Wildman–Crippen MR) is 71.1 cm³/mol. The summed E-state index contributed by atoms with van der Waals surface area (Å²) in [6, 6.07) is 0.257. The van der Waals surface area contributed by atoms with Crippen molar-refractivity contribution in [1.82, 2.24) is 9.88 Å². The predicted octanol–water partition coefficient (Wildman–Crippen LogP) is 1.90. The van der Waals surface area contributed by atoms with Crippen LogP contribution in [-0.2, 0) is 9.47 Å². The summed E-state index contributed by atoms with van der Waals surface area (Å²) in [5.74, 6) is -0.350. The molecular weight excluding hydrogens is 264 g/mol. The van der Waals surface area contributed by atoms with Gasteiger partial charge in [-0.1, -0.05) is 0 Å². The summed E-state index contributed by atoms with van der Waals surface area (Å²) in [5.41, 5.74) is 2.23. The van der Waals surface area contributed by atoms with Crippen LogP contribution in [0.5, 0.6) is 0 Å². The first-order valence-electron chi connectivity index (χ1n) is 6.63. The SMILES string of the molecule is CN(C(=O)c1cscn1)C1CCC2(CC1)OCCO2. The second-order valence-electron chi connectivity index (χ2n) is 5.13. The zero-order valence-corrected chi connectivity index (χ0v) is 11.8. The maximum atomic E-state index is 12.2. The van der Waals surface area contributed by atoms with E-state index < -0.39 is 0 Å². The minimum absolute atomic E-state index is 0.00968. The van der Waals surface area contributed by atoms with Crippen LogP contribution >= 0.6 is 11.3 Å². The van der Waals surface area contributed by atoms with Crippen molar-refractivity contribution in [3.8, 4) is 0 Å². The maximum absolute atomic E-state index is 12.2. The van der Waals surface area contributed by atoms with Gasteiger partial charge in [0.15, 0.2) is 5.79 Å². The number of hydrogen-bond donors (Lipinski definition) is 0. The molecule has 0 aromatic carbocycles. The van der Waals surface area contributed by atoms with Crippen LogP contribution in [-0.4, -0.2) is 47.9 Å². The van der Waals surface area contributed by atoms with Crippen LogP contribution in [0.25, 0.3) is 0 Å². The molecule has 19 heavy (non-hydrogen) atoms. The molecule has 2 fully saturated rings. The van der Waals surface area contributed by atoms with Crippen LogP contribution in [0.1, 0.15) is 36.2 Å². The fourth-order valence-electron chi connectivity index (χ4n) is 2.88. The van der Waals surface area contributed by atoms with Crippen molar-refractivity contribution < 1.29 is 14.3 Å². The molecule has 2 aliphatic rings. The van der Waals surface area contributed by atoms with Crippen molar-refractivity contribution in [1.29, 1.82) is 0 Å². The molecule has 0 bridgehead atoms. The summed E-state index contributed by atoms with van der Waals surface area (Å²) in [6.07, 6.45) is 3.58. The van der Waals surface area contributed by atoms with Gasteiger partial charge in [0.2, 0.25) is 0 Å². The van der Waals surface area contributed by atoms with Gasteiger partial charge >= 0.3 is 0 Å². The maximum Gasteiger partial charge on any atom is 0.273 e. The lowest BCUT2D eigenvalue weighted by atomic mass is 9.89. The Morgan fingerprint density at radius 2 is 2.11 bits per heavy atom. The van der Waals surface area contributed by atoms with Gasteiger partial charge in [0.05, 0.1) is 18.7 Å². The Kier molecular flexibility index (Phi) is 3.56. The topological polar surface area (TPSA) is 51.7 Å². The molecule has 5 nitrogen and oxygen atoms in total. The van der Waals surface area contributed by atoms with E-state index in [9.17, 15) is 4.79 Å². The van der Waals surface area contributed by atoms with E-state index in [1.165, 1.54) is 11.3 Å². The fraction of sp³-hybridized carbons (Fsp3) is 0.692. The van der Waals surface area contributed by atoms with Crippen molar-refractivity contribution in [3.63, 3.8) is 0 Å². The molecule has 0 radical (unpaired) electrons. The summed E-state index contributed by atoms with van der Waals surface area (Å²) >= 11 is 1.45. The number of thiazole rings is 1. The molecule has 1 spiro atoms. The van der Waals surface area contributed by atoms with E-state index in [1.54, 1.807) is 10.9 Å². The molecule has 0 unspecified atom stereocenters. The molecule has 1 aliphatic carbocycles. The van der Waals surface area contributed by atoms with E-state index in [2.05, 4.69) is 4.98 Å². The number of hydrogen-bond acceptors (Lipinski definition) is 5. The lowest BCUT2D eigenvalue weighted by Gasteiger charge is -2.38. The summed E-state index contributed by atoms with van der Waals surface area (Å²) < 4.78 is 11.4. The van der Waals surface area contributed by atoms with E-state index in [1.807, 2.05) is 11.9 Å². The molecule has 3 rings (SSSR count). The molecule has 1 amide bonds. The normalized spacial score (nSPS) is 22.8. The second kappa shape index (κ2) is 5.19. The first kappa shape index (κ1) is 13.0. The number of rotatable bonds is 2. The zero-order chi connectivity index (χ0) is 13.3. The van der Waals surface area contributed by atoms with E-state index in [-0.39, 0.29) is 17.7 Å². The average molecular weight is 282 g/mol. The van der Waals surface area contributed by atoms with Crippen LogP contribution < -0.4 is 0 Å². The fourth-order valence-corrected chi connectivity index (χ4v) is 3.41. The summed E-state index contributed by atoms with van der Waals surface area (Å²) in [6.45, 7) is 1.39. The van der Waals surface area contributed by atoms with E-state index in [0.717, 1.165) is 25.7 Å². The highest BCUT2D eigenvalue weighted by Gasteiger charge is 2.41. The van der Waals surface area contributed by atoms with Gasteiger partial charge in [0.25, 0.3) is 5.91 Å². The Labute approximate surface area is 116 Å². The van der Waals surface area contributed by atoms with Crippen molar-refractivity contribution in [2.45, 2.75) is 37.5 Å². The molecule has 104 valence electrons. The monoisotopic (exact) mass is 282 g/mol. The van der Waals surface area contributed by atoms with Gasteiger partial charge in [0, 0.05) is 31.3 Å². The first-order valence-corrected chi connectivity index (χ1v) is 7.58. The molecule has 1 aliphatic heterocycles. The minimum Gasteiger partial charge on any atom is -0.348 e. The third-order valence-electron chi connectivity index (χ3n) is 4.05. The molecule has 1 aromatic heterocycles. The van der Waals surface area contributed by atoms with Crippen LogP contribution in [0.15, 0.2) is 10.9 Å². The lowest BCUT2D eigenvalue weighted by molar-refractivity contribution is -0.182. The average Bonchev–Trinajstić information content (AvgIpc) is 3.10. The Bertz CT molecular complexity index is 433. The van der Waals surface area contributed by atoms with Gasteiger partial charge < -0.3 is 14.4 Å². The highest BCUT2D eigenvalue weighted by molar-refractivity contribution is 7.07. The molecule has 1 saturated heterocycles. The molecule has 0 N–H and O–H groups in total. The third-order valence-corrected chi connectivity index (χ3v) is 4.64. The van der Waals surface area contributed by atoms with Gasteiger partial charge in [-0.2, -0.15) is 0 Å². The Balaban J connectivity index is 1.60. The Morgan fingerprint density at radius 3 is 2.68 bits per heavy atom. The molecule has 1 saturated carbocycles. The van der Waals surface area contributed by atoms with E-state index in [4.69, 9.17) is 9.47 Å². The van der Waals surface area contributed by atoms with Crippen molar-refractivity contribution in [3.05, 3.63) is 16.6 Å².